The normalized spacial score (nSPS) is 20.9. The number of alkyl carbamates (subject to hydrolysis) is 1. The number of halogens is 1. The number of amides is 1. The van der Waals surface area contributed by atoms with E-state index in [1.165, 1.54) is 0 Å². The zero-order valence-corrected chi connectivity index (χ0v) is 13.5. The molecule has 0 bridgehead atoms. The molecule has 3 nitrogen and oxygen atoms in total. The van der Waals surface area contributed by atoms with Gasteiger partial charge < -0.3 is 10.1 Å². The van der Waals surface area contributed by atoms with Gasteiger partial charge in [0.1, 0.15) is 11.1 Å². The highest BCUT2D eigenvalue weighted by molar-refractivity contribution is 9.10. The molecule has 0 aliphatic heterocycles. The molecule has 2 rings (SSSR count). The number of hydrogen-bond donors (Lipinski definition) is 1. The first-order valence-electron chi connectivity index (χ1n) is 6.54. The molecule has 1 aromatic carbocycles. The molecular formula is C16H18BrNO2. The molecule has 1 aliphatic rings. The first-order valence-corrected chi connectivity index (χ1v) is 7.33. The molecule has 0 radical (unpaired) electrons. The maximum Gasteiger partial charge on any atom is 0.409 e. The lowest BCUT2D eigenvalue weighted by Gasteiger charge is -2.28. The van der Waals surface area contributed by atoms with Gasteiger partial charge in [-0.25, -0.2) is 4.79 Å². The highest BCUT2D eigenvalue weighted by Crippen LogP contribution is 2.38. The number of rotatable bonds is 1. The second-order valence-corrected chi connectivity index (χ2v) is 6.89. The molecule has 1 N–H and O–H groups in total. The van der Waals surface area contributed by atoms with Gasteiger partial charge in [-0.1, -0.05) is 27.9 Å². The topological polar surface area (TPSA) is 38.3 Å². The third-order valence-corrected chi connectivity index (χ3v) is 3.75. The van der Waals surface area contributed by atoms with Crippen molar-refractivity contribution in [3.05, 3.63) is 33.8 Å². The summed E-state index contributed by atoms with van der Waals surface area (Å²) in [6, 6.07) is 5.95. The molecule has 1 atom stereocenters. The Morgan fingerprint density at radius 3 is 2.80 bits per heavy atom. The zero-order valence-electron chi connectivity index (χ0n) is 11.9. The van der Waals surface area contributed by atoms with Gasteiger partial charge in [0.05, 0.1) is 0 Å². The third-order valence-electron chi connectivity index (χ3n) is 3.26. The van der Waals surface area contributed by atoms with E-state index in [2.05, 4.69) is 27.2 Å². The quantitative estimate of drug-likeness (QED) is 0.794. The van der Waals surface area contributed by atoms with E-state index in [1.807, 2.05) is 39.0 Å². The Kier molecular flexibility index (Phi) is 3.84. The summed E-state index contributed by atoms with van der Waals surface area (Å²) in [6.07, 6.45) is 6.75. The zero-order chi connectivity index (χ0) is 15.0. The molecule has 4 heteroatoms. The number of hydrogen-bond acceptors (Lipinski definition) is 2. The van der Waals surface area contributed by atoms with Gasteiger partial charge in [0.25, 0.3) is 0 Å². The minimum Gasteiger partial charge on any atom is -0.444 e. The lowest BCUT2D eigenvalue weighted by molar-refractivity contribution is 0.0480. The van der Waals surface area contributed by atoms with Crippen LogP contribution in [0.3, 0.4) is 0 Å². The van der Waals surface area contributed by atoms with Gasteiger partial charge in [-0.05, 0) is 56.9 Å². The van der Waals surface area contributed by atoms with Gasteiger partial charge in [-0.2, -0.15) is 0 Å². The number of nitrogens with one attached hydrogen (secondary N) is 1. The van der Waals surface area contributed by atoms with Gasteiger partial charge in [0, 0.05) is 4.47 Å². The molecule has 1 aromatic rings. The maximum absolute atomic E-state index is 12.0. The number of fused-ring (bicyclic) bond motifs is 1. The number of carbonyl (C=O) groups excluding carboxylic acids is 1. The van der Waals surface area contributed by atoms with Gasteiger partial charge >= 0.3 is 6.09 Å². The van der Waals surface area contributed by atoms with Gasteiger partial charge in [-0.15, -0.1) is 6.42 Å². The molecule has 1 amide bonds. The van der Waals surface area contributed by atoms with E-state index in [4.69, 9.17) is 11.2 Å². The Bertz CT molecular complexity index is 583. The summed E-state index contributed by atoms with van der Waals surface area (Å²) in [5.41, 5.74) is 0.835. The van der Waals surface area contributed by atoms with Crippen molar-refractivity contribution in [2.45, 2.75) is 44.8 Å². The fraction of sp³-hybridized carbons (Fsp3) is 0.438. The van der Waals surface area contributed by atoms with E-state index in [-0.39, 0.29) is 0 Å². The van der Waals surface area contributed by atoms with Crippen LogP contribution in [0.1, 0.15) is 38.3 Å². The minimum absolute atomic E-state index is 0.480. The Morgan fingerprint density at radius 2 is 2.20 bits per heavy atom. The number of carbonyl (C=O) groups is 1. The van der Waals surface area contributed by atoms with Crippen molar-refractivity contribution in [2.24, 2.45) is 0 Å². The highest BCUT2D eigenvalue weighted by atomic mass is 79.9. The van der Waals surface area contributed by atoms with E-state index < -0.39 is 17.2 Å². The predicted octanol–water partition coefficient (Wildman–Crippen LogP) is 3.75. The van der Waals surface area contributed by atoms with E-state index in [0.717, 1.165) is 22.0 Å². The summed E-state index contributed by atoms with van der Waals surface area (Å²) in [6.45, 7) is 5.48. The van der Waals surface area contributed by atoms with E-state index in [0.29, 0.717) is 6.42 Å². The Hall–Kier alpha value is -1.47. The van der Waals surface area contributed by atoms with Crippen molar-refractivity contribution < 1.29 is 9.53 Å². The van der Waals surface area contributed by atoms with Crippen molar-refractivity contribution in [3.8, 4) is 12.3 Å². The van der Waals surface area contributed by atoms with Crippen LogP contribution in [-0.4, -0.2) is 11.7 Å². The third kappa shape index (κ3) is 2.99. The number of terminal acetylenes is 1. The molecule has 1 aliphatic carbocycles. The smallest absolute Gasteiger partial charge is 0.409 e. The molecule has 0 saturated heterocycles. The minimum atomic E-state index is -0.766. The summed E-state index contributed by atoms with van der Waals surface area (Å²) in [5, 5.41) is 2.86. The van der Waals surface area contributed by atoms with Crippen LogP contribution in [0.2, 0.25) is 0 Å². The molecule has 1 unspecified atom stereocenters. The largest absolute Gasteiger partial charge is 0.444 e. The number of aryl methyl sites for hydroxylation is 1. The van der Waals surface area contributed by atoms with Crippen molar-refractivity contribution >= 4 is 22.0 Å². The van der Waals surface area contributed by atoms with Crippen molar-refractivity contribution in [1.82, 2.24) is 5.32 Å². The van der Waals surface area contributed by atoms with Crippen LogP contribution in [0.5, 0.6) is 0 Å². The van der Waals surface area contributed by atoms with Crippen LogP contribution in [0.25, 0.3) is 0 Å². The van der Waals surface area contributed by atoms with E-state index in [9.17, 15) is 4.79 Å². The summed E-state index contributed by atoms with van der Waals surface area (Å²) < 4.78 is 6.33. The van der Waals surface area contributed by atoms with Crippen molar-refractivity contribution in [3.63, 3.8) is 0 Å². The predicted molar refractivity (Wildman–Crippen MR) is 82.3 cm³/mol. The van der Waals surface area contributed by atoms with Crippen molar-refractivity contribution in [1.29, 1.82) is 0 Å². The van der Waals surface area contributed by atoms with Crippen LogP contribution in [0.15, 0.2) is 22.7 Å². The monoisotopic (exact) mass is 335 g/mol. The summed E-state index contributed by atoms with van der Waals surface area (Å²) >= 11 is 3.45. The Morgan fingerprint density at radius 1 is 1.50 bits per heavy atom. The maximum atomic E-state index is 12.0. The van der Waals surface area contributed by atoms with Gasteiger partial charge in [0.15, 0.2) is 0 Å². The van der Waals surface area contributed by atoms with Crippen molar-refractivity contribution in [2.75, 3.05) is 0 Å². The Labute approximate surface area is 128 Å². The van der Waals surface area contributed by atoms with E-state index >= 15 is 0 Å². The first-order chi connectivity index (χ1) is 9.26. The summed E-state index contributed by atoms with van der Waals surface area (Å²) in [4.78, 5) is 12.0. The van der Waals surface area contributed by atoms with Crippen LogP contribution >= 0.6 is 15.9 Å². The number of benzene rings is 1. The molecule has 106 valence electrons. The fourth-order valence-corrected chi connectivity index (χ4v) is 2.84. The van der Waals surface area contributed by atoms with Crippen LogP contribution in [0, 0.1) is 12.3 Å². The van der Waals surface area contributed by atoms with Gasteiger partial charge in [-0.3, -0.25) is 0 Å². The van der Waals surface area contributed by atoms with Crippen LogP contribution in [0.4, 0.5) is 4.79 Å². The Balaban J connectivity index is 2.26. The SMILES string of the molecule is C#CC1(NC(=O)OC(C)(C)C)CCc2cc(Br)ccc21. The second-order valence-electron chi connectivity index (χ2n) is 5.98. The highest BCUT2D eigenvalue weighted by Gasteiger charge is 2.39. The molecule has 0 spiro atoms. The van der Waals surface area contributed by atoms with Crippen LogP contribution < -0.4 is 5.32 Å². The van der Waals surface area contributed by atoms with Crippen LogP contribution in [-0.2, 0) is 16.7 Å². The molecule has 0 fully saturated rings. The van der Waals surface area contributed by atoms with E-state index in [1.54, 1.807) is 0 Å². The second kappa shape index (κ2) is 5.14. The molecule has 20 heavy (non-hydrogen) atoms. The molecular weight excluding hydrogens is 318 g/mol. The average Bonchev–Trinajstić information content (AvgIpc) is 2.65. The first kappa shape index (κ1) is 14.9. The lowest BCUT2D eigenvalue weighted by atomic mass is 9.93. The average molecular weight is 336 g/mol. The molecule has 0 saturated carbocycles. The summed E-state index contributed by atoms with van der Waals surface area (Å²) in [5.74, 6) is 2.74. The molecule has 0 heterocycles. The lowest BCUT2D eigenvalue weighted by Crippen LogP contribution is -2.45. The molecule has 0 aromatic heterocycles. The van der Waals surface area contributed by atoms with Gasteiger partial charge in [0.2, 0.25) is 0 Å². The fourth-order valence-electron chi connectivity index (χ4n) is 2.44. The number of ether oxygens (including phenoxy) is 1. The summed E-state index contributed by atoms with van der Waals surface area (Å²) in [7, 11) is 0. The standard InChI is InChI=1S/C16H18BrNO2/c1-5-16(18-14(19)20-15(2,3)4)9-8-11-10-12(17)6-7-13(11)16/h1,6-7,10H,8-9H2,2-4H3,(H,18,19).